The molecule has 0 saturated heterocycles. The first-order chi connectivity index (χ1) is 12.5. The summed E-state index contributed by atoms with van der Waals surface area (Å²) in [7, 11) is 1.62. The second kappa shape index (κ2) is 8.12. The number of nitrogens with zero attached hydrogens (tertiary/aromatic N) is 1. The third-order valence-electron chi connectivity index (χ3n) is 4.68. The molecule has 150 valence electrons. The number of allylic oxidation sites excluding steroid dienone is 1. The maximum absolute atomic E-state index is 12.6. The number of nitrogens with two attached hydrogens (primary N) is 1. The number of likely N-dealkylation sites (N-methyl/N-ethyl adjacent to an activating group) is 1. The van der Waals surface area contributed by atoms with Crippen LogP contribution in [0.1, 0.15) is 26.2 Å². The highest BCUT2D eigenvalue weighted by Crippen LogP contribution is 2.28. The number of carbonyl (C=O) groups excluding carboxylic acids is 3. The van der Waals surface area contributed by atoms with Crippen LogP contribution >= 0.6 is 0 Å². The minimum atomic E-state index is -4.91. The number of alkyl halides is 3. The quantitative estimate of drug-likeness (QED) is 0.647. The standard InChI is InChI=1S/C17H23F3N4O3/c1-9(22-15(26)13(21)17(18,19)20)14(25)23-12-11-6-4-3-5-10(11)7-8-24(2)16(12)27/h4,6,9,12-13H,3,5,7-8,21H2,1-2H3,(H,22,26)(H,23,25)/t9-,12-,13?/m0/s1. The molecule has 0 aromatic carbocycles. The average molecular weight is 388 g/mol. The van der Waals surface area contributed by atoms with Crippen LogP contribution in [0.4, 0.5) is 13.2 Å². The topological polar surface area (TPSA) is 105 Å². The van der Waals surface area contributed by atoms with Gasteiger partial charge in [0.15, 0.2) is 6.04 Å². The molecule has 0 fully saturated rings. The maximum atomic E-state index is 12.6. The van der Waals surface area contributed by atoms with Gasteiger partial charge in [-0.1, -0.05) is 17.7 Å². The van der Waals surface area contributed by atoms with E-state index in [0.29, 0.717) is 18.5 Å². The largest absolute Gasteiger partial charge is 0.412 e. The molecule has 1 aliphatic carbocycles. The molecular weight excluding hydrogens is 365 g/mol. The van der Waals surface area contributed by atoms with Gasteiger partial charge in [-0.15, -0.1) is 0 Å². The van der Waals surface area contributed by atoms with Crippen LogP contribution in [0, 0.1) is 0 Å². The van der Waals surface area contributed by atoms with E-state index in [0.717, 1.165) is 18.4 Å². The zero-order valence-corrected chi connectivity index (χ0v) is 15.1. The summed E-state index contributed by atoms with van der Waals surface area (Å²) >= 11 is 0. The molecule has 3 amide bonds. The van der Waals surface area contributed by atoms with Gasteiger partial charge in [-0.25, -0.2) is 0 Å². The number of hydrogen-bond donors (Lipinski definition) is 3. The Balaban J connectivity index is 2.11. The van der Waals surface area contributed by atoms with Gasteiger partial charge in [0, 0.05) is 13.6 Å². The molecule has 0 spiro atoms. The second-order valence-corrected chi connectivity index (χ2v) is 6.70. The molecule has 1 heterocycles. The van der Waals surface area contributed by atoms with Gasteiger partial charge < -0.3 is 21.3 Å². The molecule has 2 aliphatic rings. The van der Waals surface area contributed by atoms with Crippen molar-refractivity contribution in [2.75, 3.05) is 13.6 Å². The van der Waals surface area contributed by atoms with E-state index >= 15 is 0 Å². The summed E-state index contributed by atoms with van der Waals surface area (Å²) in [6.07, 6.45) is 1.12. The van der Waals surface area contributed by atoms with Crippen LogP contribution in [0.15, 0.2) is 23.3 Å². The van der Waals surface area contributed by atoms with Gasteiger partial charge in [-0.05, 0) is 31.8 Å². The highest BCUT2D eigenvalue weighted by Gasteiger charge is 2.43. The van der Waals surface area contributed by atoms with Crippen molar-refractivity contribution in [3.8, 4) is 0 Å². The number of hydrogen-bond acceptors (Lipinski definition) is 4. The number of halogens is 3. The van der Waals surface area contributed by atoms with Crippen molar-refractivity contribution < 1.29 is 27.6 Å². The fourth-order valence-electron chi connectivity index (χ4n) is 2.99. The van der Waals surface area contributed by atoms with Crippen LogP contribution in [0.2, 0.25) is 0 Å². The lowest BCUT2D eigenvalue weighted by atomic mass is 9.91. The SMILES string of the molecule is C[C@H](NC(=O)C(N)C(F)(F)F)C(=O)N[C@@H]1C(=O)N(C)CCC2=C1C=CCC2. The van der Waals surface area contributed by atoms with E-state index in [1.165, 1.54) is 11.8 Å². The molecule has 2 rings (SSSR count). The van der Waals surface area contributed by atoms with Crippen LogP contribution in [0.5, 0.6) is 0 Å². The molecule has 0 aromatic rings. The molecule has 4 N–H and O–H groups in total. The van der Waals surface area contributed by atoms with Gasteiger partial charge in [-0.2, -0.15) is 13.2 Å². The van der Waals surface area contributed by atoms with Crippen LogP contribution in [0.25, 0.3) is 0 Å². The summed E-state index contributed by atoms with van der Waals surface area (Å²) in [5, 5.41) is 4.48. The smallest absolute Gasteiger partial charge is 0.343 e. The summed E-state index contributed by atoms with van der Waals surface area (Å²) in [5.41, 5.74) is 6.60. The van der Waals surface area contributed by atoms with Gasteiger partial charge in [0.2, 0.25) is 17.7 Å². The summed E-state index contributed by atoms with van der Waals surface area (Å²) in [4.78, 5) is 38.1. The second-order valence-electron chi connectivity index (χ2n) is 6.70. The first-order valence-corrected chi connectivity index (χ1v) is 8.59. The minimum Gasteiger partial charge on any atom is -0.343 e. The fraction of sp³-hybridized carbons (Fsp3) is 0.588. The Kier molecular flexibility index (Phi) is 6.30. The van der Waals surface area contributed by atoms with Crippen LogP contribution < -0.4 is 16.4 Å². The Bertz CT molecular complexity index is 687. The third kappa shape index (κ3) is 4.88. The first-order valence-electron chi connectivity index (χ1n) is 8.59. The zero-order valence-electron chi connectivity index (χ0n) is 15.1. The summed E-state index contributed by atoms with van der Waals surface area (Å²) in [6.45, 7) is 1.75. The Hall–Kier alpha value is -2.36. The highest BCUT2D eigenvalue weighted by molar-refractivity contribution is 5.95. The number of carbonyl (C=O) groups is 3. The van der Waals surface area contributed by atoms with Crippen molar-refractivity contribution in [2.45, 2.75) is 50.5 Å². The lowest BCUT2D eigenvalue weighted by molar-refractivity contribution is -0.163. The molecule has 10 heteroatoms. The summed E-state index contributed by atoms with van der Waals surface area (Å²) in [5.74, 6) is -2.59. The maximum Gasteiger partial charge on any atom is 0.412 e. The molecule has 0 saturated carbocycles. The molecule has 3 atom stereocenters. The number of amides is 3. The lowest BCUT2D eigenvalue weighted by Crippen LogP contribution is -2.57. The Morgan fingerprint density at radius 2 is 1.96 bits per heavy atom. The predicted octanol–water partition coefficient (Wildman–Crippen LogP) is 0.374. The van der Waals surface area contributed by atoms with Gasteiger partial charge in [0.25, 0.3) is 0 Å². The van der Waals surface area contributed by atoms with Crippen molar-refractivity contribution in [1.82, 2.24) is 15.5 Å². The molecule has 0 bridgehead atoms. The molecule has 1 unspecified atom stereocenters. The van der Waals surface area contributed by atoms with E-state index in [-0.39, 0.29) is 5.91 Å². The third-order valence-corrected chi connectivity index (χ3v) is 4.68. The molecule has 27 heavy (non-hydrogen) atoms. The van der Waals surface area contributed by atoms with E-state index in [2.05, 4.69) is 5.32 Å². The fourth-order valence-corrected chi connectivity index (χ4v) is 2.99. The van der Waals surface area contributed by atoms with E-state index < -0.39 is 36.1 Å². The van der Waals surface area contributed by atoms with Crippen LogP contribution in [0.3, 0.4) is 0 Å². The zero-order chi connectivity index (χ0) is 20.4. The molecule has 7 nitrogen and oxygen atoms in total. The summed E-state index contributed by atoms with van der Waals surface area (Å²) < 4.78 is 37.5. The van der Waals surface area contributed by atoms with Gasteiger partial charge in [0.1, 0.15) is 12.1 Å². The average Bonchev–Trinajstić information content (AvgIpc) is 2.72. The Morgan fingerprint density at radius 1 is 1.30 bits per heavy atom. The number of nitrogens with one attached hydrogen (secondary N) is 2. The molecule has 0 aromatic heterocycles. The summed E-state index contributed by atoms with van der Waals surface area (Å²) in [6, 6.07) is -4.95. The monoisotopic (exact) mass is 388 g/mol. The van der Waals surface area contributed by atoms with Crippen LogP contribution in [-0.4, -0.2) is 60.5 Å². The normalized spacial score (nSPS) is 22.7. The lowest BCUT2D eigenvalue weighted by Gasteiger charge is -2.26. The van der Waals surface area contributed by atoms with Crippen molar-refractivity contribution in [2.24, 2.45) is 5.73 Å². The van der Waals surface area contributed by atoms with Crippen LogP contribution in [-0.2, 0) is 14.4 Å². The van der Waals surface area contributed by atoms with E-state index in [4.69, 9.17) is 5.73 Å². The van der Waals surface area contributed by atoms with E-state index in [9.17, 15) is 27.6 Å². The Morgan fingerprint density at radius 3 is 2.59 bits per heavy atom. The molecular formula is C17H23F3N4O3. The molecule has 0 radical (unpaired) electrons. The van der Waals surface area contributed by atoms with Crippen molar-refractivity contribution in [3.05, 3.63) is 23.3 Å². The van der Waals surface area contributed by atoms with Crippen molar-refractivity contribution >= 4 is 17.7 Å². The van der Waals surface area contributed by atoms with E-state index in [1.807, 2.05) is 11.4 Å². The van der Waals surface area contributed by atoms with Crippen molar-refractivity contribution in [3.63, 3.8) is 0 Å². The van der Waals surface area contributed by atoms with Gasteiger partial charge in [-0.3, -0.25) is 14.4 Å². The Labute approximate surface area is 154 Å². The first kappa shape index (κ1) is 20.9. The minimum absolute atomic E-state index is 0.314. The number of rotatable bonds is 4. The van der Waals surface area contributed by atoms with Gasteiger partial charge in [0.05, 0.1) is 0 Å². The van der Waals surface area contributed by atoms with Gasteiger partial charge >= 0.3 is 6.18 Å². The van der Waals surface area contributed by atoms with E-state index in [1.54, 1.807) is 13.1 Å². The predicted molar refractivity (Wildman–Crippen MR) is 91.2 cm³/mol. The highest BCUT2D eigenvalue weighted by atomic mass is 19.4. The molecule has 1 aliphatic heterocycles. The van der Waals surface area contributed by atoms with Crippen molar-refractivity contribution in [1.29, 1.82) is 0 Å².